The average Bonchev–Trinajstić information content (AvgIpc) is 2.80. The summed E-state index contributed by atoms with van der Waals surface area (Å²) in [6.45, 7) is 12.4. The molecule has 4 rings (SSSR count). The Morgan fingerprint density at radius 1 is 1.15 bits per heavy atom. The third-order valence-corrected chi connectivity index (χ3v) is 7.74. The normalized spacial score (nSPS) is 18.9. The van der Waals surface area contributed by atoms with Gasteiger partial charge >= 0.3 is 6.18 Å². The van der Waals surface area contributed by atoms with Gasteiger partial charge in [0.15, 0.2) is 0 Å². The number of benzene rings is 1. The highest BCUT2D eigenvalue weighted by atomic mass is 19.4. The van der Waals surface area contributed by atoms with Crippen molar-refractivity contribution >= 4 is 22.6 Å². The quantitative estimate of drug-likeness (QED) is 0.400. The van der Waals surface area contributed by atoms with E-state index in [9.17, 15) is 23.1 Å². The summed E-state index contributed by atoms with van der Waals surface area (Å²) in [7, 11) is 1.45. The molecule has 1 atom stereocenters. The number of carbonyl (C=O) groups excluding carboxylic acids is 1. The number of alkyl halides is 3. The lowest BCUT2D eigenvalue weighted by atomic mass is 9.69. The number of hydrogen-bond donors (Lipinski definition) is 2. The van der Waals surface area contributed by atoms with Crippen molar-refractivity contribution in [2.45, 2.75) is 90.2 Å². The minimum absolute atomic E-state index is 0.0835. The molecule has 1 aromatic carbocycles. The summed E-state index contributed by atoms with van der Waals surface area (Å²) in [6, 6.07) is 5.26. The van der Waals surface area contributed by atoms with E-state index in [-0.39, 0.29) is 30.2 Å². The number of aliphatic hydroxyl groups is 1. The third kappa shape index (κ3) is 5.18. The second-order valence-electron chi connectivity index (χ2n) is 11.9. The lowest BCUT2D eigenvalue weighted by Gasteiger charge is -2.57. The molecular weight excluding hydrogens is 523 g/mol. The summed E-state index contributed by atoms with van der Waals surface area (Å²) in [4.78, 5) is 27.7. The second kappa shape index (κ2) is 9.87. The number of anilines is 1. The van der Waals surface area contributed by atoms with Gasteiger partial charge in [-0.3, -0.25) is 4.79 Å². The van der Waals surface area contributed by atoms with Gasteiger partial charge in [-0.2, -0.15) is 13.2 Å². The van der Waals surface area contributed by atoms with E-state index in [1.807, 2.05) is 27.7 Å². The lowest BCUT2D eigenvalue weighted by molar-refractivity contribution is -0.168. The first-order chi connectivity index (χ1) is 18.4. The molecule has 1 aliphatic heterocycles. The Hall–Kier alpha value is -3.47. The second-order valence-corrected chi connectivity index (χ2v) is 11.9. The van der Waals surface area contributed by atoms with Gasteiger partial charge in [-0.25, -0.2) is 15.0 Å². The largest absolute Gasteiger partial charge is 0.479 e. The summed E-state index contributed by atoms with van der Waals surface area (Å²) in [6.07, 6.45) is -2.70. The van der Waals surface area contributed by atoms with Crippen molar-refractivity contribution in [1.29, 1.82) is 0 Å². The number of nitrogens with one attached hydrogen (secondary N) is 1. The van der Waals surface area contributed by atoms with Crippen molar-refractivity contribution in [3.8, 4) is 5.88 Å². The Morgan fingerprint density at radius 3 is 2.33 bits per heavy atom. The molecule has 1 amide bonds. The average molecular weight is 560 g/mol. The Bertz CT molecular complexity index is 1440. The molecule has 0 spiro atoms. The number of hydrogen-bond acceptors (Lipinski definition) is 7. The molecule has 0 unspecified atom stereocenters. The van der Waals surface area contributed by atoms with Crippen LogP contribution in [0.25, 0.3) is 10.9 Å². The predicted molar refractivity (Wildman–Crippen MR) is 146 cm³/mol. The smallest absolute Gasteiger partial charge is 0.416 e. The van der Waals surface area contributed by atoms with E-state index in [0.717, 1.165) is 6.07 Å². The zero-order valence-corrected chi connectivity index (χ0v) is 24.1. The Kier molecular flexibility index (Phi) is 7.28. The van der Waals surface area contributed by atoms with Crippen molar-refractivity contribution in [2.75, 3.05) is 12.4 Å². The SMILES string of the molecule is COc1nc(C2(O)CC(C)(C)N(C(C)=O)C(C)(C)C2)cc2c(N[C@H](C)c3cccc(C(F)(F)F)c3C)ncnc12. The highest BCUT2D eigenvalue weighted by Gasteiger charge is 2.54. The molecule has 0 bridgehead atoms. The molecule has 11 heteroatoms. The standard InChI is InChI=1S/C29H36F3N5O3/c1-16-19(10-9-11-21(16)29(30,31)32)17(2)35-24-20-12-22(36-25(40-8)23(20)33-15-34-24)28(39)13-26(4,5)37(18(3)38)27(6,7)14-28/h9-12,15,17,39H,13-14H2,1-8H3,(H,33,34,35)/t17-/m1/s1. The van der Waals surface area contributed by atoms with Gasteiger partial charge in [-0.15, -0.1) is 0 Å². The first-order valence-electron chi connectivity index (χ1n) is 13.1. The zero-order chi connectivity index (χ0) is 29.8. The van der Waals surface area contributed by atoms with Gasteiger partial charge in [0.2, 0.25) is 11.8 Å². The monoisotopic (exact) mass is 559 g/mol. The van der Waals surface area contributed by atoms with E-state index in [0.29, 0.717) is 28.0 Å². The van der Waals surface area contributed by atoms with E-state index < -0.39 is 34.5 Å². The molecule has 216 valence electrons. The molecular formula is C29H36F3N5O3. The molecule has 0 aliphatic carbocycles. The molecule has 0 radical (unpaired) electrons. The van der Waals surface area contributed by atoms with E-state index in [2.05, 4.69) is 20.3 Å². The lowest BCUT2D eigenvalue weighted by Crippen LogP contribution is -2.66. The highest BCUT2D eigenvalue weighted by molar-refractivity contribution is 5.92. The summed E-state index contributed by atoms with van der Waals surface area (Å²) >= 11 is 0. The molecule has 3 aromatic rings. The minimum atomic E-state index is -4.47. The van der Waals surface area contributed by atoms with Crippen LogP contribution in [0.3, 0.4) is 0 Å². The first kappa shape index (κ1) is 29.5. The van der Waals surface area contributed by atoms with Crippen molar-refractivity contribution in [3.63, 3.8) is 0 Å². The number of ether oxygens (including phenoxy) is 1. The Morgan fingerprint density at radius 2 is 1.77 bits per heavy atom. The number of amides is 1. The maximum absolute atomic E-state index is 13.5. The number of rotatable bonds is 5. The number of carbonyl (C=O) groups is 1. The van der Waals surface area contributed by atoms with Crippen LogP contribution in [0.15, 0.2) is 30.6 Å². The number of methoxy groups -OCH3 is 1. The predicted octanol–water partition coefficient (Wildman–Crippen LogP) is 5.92. The Balaban J connectivity index is 1.81. The number of likely N-dealkylation sites (tertiary alicyclic amines) is 1. The minimum Gasteiger partial charge on any atom is -0.479 e. The van der Waals surface area contributed by atoms with Crippen LogP contribution in [0, 0.1) is 6.92 Å². The molecule has 2 N–H and O–H groups in total. The summed E-state index contributed by atoms with van der Waals surface area (Å²) in [5.41, 5.74) is -2.15. The van der Waals surface area contributed by atoms with Crippen LogP contribution in [0.2, 0.25) is 0 Å². The highest BCUT2D eigenvalue weighted by Crippen LogP contribution is 2.49. The maximum Gasteiger partial charge on any atom is 0.416 e. The van der Waals surface area contributed by atoms with E-state index in [4.69, 9.17) is 4.74 Å². The van der Waals surface area contributed by atoms with Gasteiger partial charge in [0.1, 0.15) is 23.3 Å². The van der Waals surface area contributed by atoms with Crippen LogP contribution >= 0.6 is 0 Å². The molecule has 1 saturated heterocycles. The van der Waals surface area contributed by atoms with Crippen LogP contribution in [-0.4, -0.2) is 49.1 Å². The number of piperidine rings is 1. The molecule has 1 fully saturated rings. The Labute approximate surface area is 232 Å². The molecule has 1 aliphatic rings. The van der Waals surface area contributed by atoms with Crippen LogP contribution in [0.4, 0.5) is 19.0 Å². The number of halogens is 3. The summed E-state index contributed by atoms with van der Waals surface area (Å²) < 4.78 is 46.2. The number of aromatic nitrogens is 3. The number of pyridine rings is 1. The molecule has 3 heterocycles. The first-order valence-corrected chi connectivity index (χ1v) is 13.1. The molecule has 40 heavy (non-hydrogen) atoms. The van der Waals surface area contributed by atoms with Gasteiger partial charge in [0.05, 0.1) is 29.8 Å². The van der Waals surface area contributed by atoms with Crippen molar-refractivity contribution in [2.24, 2.45) is 0 Å². The van der Waals surface area contributed by atoms with E-state index in [1.165, 1.54) is 33.4 Å². The fourth-order valence-corrected chi connectivity index (χ4v) is 6.75. The zero-order valence-electron chi connectivity index (χ0n) is 24.1. The van der Waals surface area contributed by atoms with Crippen molar-refractivity contribution in [3.05, 3.63) is 53.0 Å². The van der Waals surface area contributed by atoms with Gasteiger partial charge in [0.25, 0.3) is 0 Å². The van der Waals surface area contributed by atoms with Crippen LogP contribution in [0.5, 0.6) is 5.88 Å². The van der Waals surface area contributed by atoms with Crippen LogP contribution in [0.1, 0.15) is 82.8 Å². The van der Waals surface area contributed by atoms with Crippen LogP contribution in [-0.2, 0) is 16.6 Å². The summed E-state index contributed by atoms with van der Waals surface area (Å²) in [5.74, 6) is 0.457. The van der Waals surface area contributed by atoms with Gasteiger partial charge < -0.3 is 20.1 Å². The van der Waals surface area contributed by atoms with Crippen LogP contribution < -0.4 is 10.1 Å². The fraction of sp³-hybridized carbons (Fsp3) is 0.517. The summed E-state index contributed by atoms with van der Waals surface area (Å²) in [5, 5.41) is 15.8. The van der Waals surface area contributed by atoms with E-state index in [1.54, 1.807) is 24.0 Å². The topological polar surface area (TPSA) is 100 Å². The van der Waals surface area contributed by atoms with Crippen molar-refractivity contribution < 1.29 is 27.8 Å². The van der Waals surface area contributed by atoms with Gasteiger partial charge in [0, 0.05) is 30.8 Å². The third-order valence-electron chi connectivity index (χ3n) is 7.74. The number of nitrogens with zero attached hydrogens (tertiary/aromatic N) is 4. The van der Waals surface area contributed by atoms with Crippen molar-refractivity contribution in [1.82, 2.24) is 19.9 Å². The fourth-order valence-electron chi connectivity index (χ4n) is 6.75. The maximum atomic E-state index is 13.5. The molecule has 8 nitrogen and oxygen atoms in total. The number of fused-ring (bicyclic) bond motifs is 1. The van der Waals surface area contributed by atoms with E-state index >= 15 is 0 Å². The van der Waals surface area contributed by atoms with Gasteiger partial charge in [-0.05, 0) is 64.8 Å². The molecule has 0 saturated carbocycles. The van der Waals surface area contributed by atoms with Gasteiger partial charge in [-0.1, -0.05) is 12.1 Å². The molecule has 2 aromatic heterocycles.